The van der Waals surface area contributed by atoms with Crippen LogP contribution in [-0.4, -0.2) is 31.0 Å². The number of carbonyl (C=O) groups is 2. The van der Waals surface area contributed by atoms with Gasteiger partial charge >= 0.3 is 0 Å². The number of H-pyrrole nitrogens is 1. The first-order chi connectivity index (χ1) is 12.9. The molecule has 0 saturated heterocycles. The lowest BCUT2D eigenvalue weighted by Crippen LogP contribution is -2.34. The van der Waals surface area contributed by atoms with E-state index in [-0.39, 0.29) is 17.5 Å². The zero-order valence-electron chi connectivity index (χ0n) is 15.1. The van der Waals surface area contributed by atoms with E-state index < -0.39 is 11.5 Å². The van der Waals surface area contributed by atoms with Crippen molar-refractivity contribution in [3.05, 3.63) is 57.0 Å². The summed E-state index contributed by atoms with van der Waals surface area (Å²) in [5.41, 5.74) is 6.46. The molecule has 0 aliphatic heterocycles. The average Bonchev–Trinajstić information content (AvgIpc) is 2.66. The van der Waals surface area contributed by atoms with Crippen molar-refractivity contribution in [3.63, 3.8) is 0 Å². The van der Waals surface area contributed by atoms with E-state index in [1.165, 1.54) is 20.3 Å². The van der Waals surface area contributed by atoms with Crippen LogP contribution in [0, 0.1) is 0 Å². The molecule has 1 unspecified atom stereocenters. The van der Waals surface area contributed by atoms with Crippen LogP contribution in [0.2, 0.25) is 0 Å². The number of amides is 2. The Morgan fingerprint density at radius 1 is 1.15 bits per heavy atom. The third kappa shape index (κ3) is 3.79. The van der Waals surface area contributed by atoms with E-state index in [9.17, 15) is 14.4 Å². The quantitative estimate of drug-likeness (QED) is 0.731. The Balaban J connectivity index is 1.92. The van der Waals surface area contributed by atoms with E-state index in [0.29, 0.717) is 41.2 Å². The molecule has 8 nitrogen and oxygen atoms in total. The summed E-state index contributed by atoms with van der Waals surface area (Å²) in [4.78, 5) is 38.9. The number of aromatic nitrogens is 1. The third-order valence-electron chi connectivity index (χ3n) is 4.64. The number of carbonyl (C=O) groups excluding carboxylic acids is 2. The zero-order chi connectivity index (χ0) is 19.6. The summed E-state index contributed by atoms with van der Waals surface area (Å²) in [6.07, 6.45) is 2.15. The molecule has 1 aliphatic carbocycles. The molecule has 0 bridgehead atoms. The van der Waals surface area contributed by atoms with E-state index in [2.05, 4.69) is 10.3 Å². The summed E-state index contributed by atoms with van der Waals surface area (Å²) in [7, 11) is 3.02. The van der Waals surface area contributed by atoms with E-state index >= 15 is 0 Å². The molecule has 0 spiro atoms. The van der Waals surface area contributed by atoms with Crippen LogP contribution in [0.1, 0.15) is 50.9 Å². The SMILES string of the molecule is COc1cc(OC)cc(C(=O)NC2CCCc3[nH]c(=O)c(C(N)=O)cc32)c1. The first-order valence-corrected chi connectivity index (χ1v) is 8.52. The van der Waals surface area contributed by atoms with E-state index in [0.717, 1.165) is 6.42 Å². The van der Waals surface area contributed by atoms with Crippen LogP contribution >= 0.6 is 0 Å². The Hall–Kier alpha value is -3.29. The molecular formula is C19H21N3O5. The Kier molecular flexibility index (Phi) is 5.16. The second kappa shape index (κ2) is 7.53. The number of methoxy groups -OCH3 is 2. The monoisotopic (exact) mass is 371 g/mol. The molecule has 27 heavy (non-hydrogen) atoms. The Labute approximate surface area is 155 Å². The fourth-order valence-electron chi connectivity index (χ4n) is 3.25. The molecule has 1 aromatic heterocycles. The second-order valence-electron chi connectivity index (χ2n) is 6.33. The first-order valence-electron chi connectivity index (χ1n) is 8.52. The second-order valence-corrected chi connectivity index (χ2v) is 6.33. The molecule has 142 valence electrons. The van der Waals surface area contributed by atoms with Gasteiger partial charge in [0.15, 0.2) is 0 Å². The number of rotatable bonds is 5. The highest BCUT2D eigenvalue weighted by atomic mass is 16.5. The number of nitrogens with one attached hydrogen (secondary N) is 2. The molecule has 0 fully saturated rings. The summed E-state index contributed by atoms with van der Waals surface area (Å²) in [6, 6.07) is 6.05. The Morgan fingerprint density at radius 3 is 2.41 bits per heavy atom. The molecule has 0 radical (unpaired) electrons. The van der Waals surface area contributed by atoms with Gasteiger partial charge in [0.2, 0.25) is 0 Å². The Morgan fingerprint density at radius 2 is 1.81 bits per heavy atom. The van der Waals surface area contributed by atoms with Crippen LogP contribution in [-0.2, 0) is 6.42 Å². The third-order valence-corrected chi connectivity index (χ3v) is 4.64. The number of hydrogen-bond acceptors (Lipinski definition) is 5. The minimum Gasteiger partial charge on any atom is -0.497 e. The zero-order valence-corrected chi connectivity index (χ0v) is 15.1. The number of benzene rings is 1. The van der Waals surface area contributed by atoms with Crippen molar-refractivity contribution in [2.75, 3.05) is 14.2 Å². The number of primary amides is 1. The lowest BCUT2D eigenvalue weighted by Gasteiger charge is -2.26. The number of pyridine rings is 1. The standard InChI is InChI=1S/C19H21N3O5/c1-26-11-6-10(7-12(8-11)27-2)18(24)21-15-4-3-5-16-13(15)9-14(17(20)23)19(25)22-16/h6-9,15H,3-5H2,1-2H3,(H2,20,23)(H,21,24)(H,22,25). The van der Waals surface area contributed by atoms with Crippen molar-refractivity contribution in [2.24, 2.45) is 5.73 Å². The van der Waals surface area contributed by atoms with Gasteiger partial charge in [0.25, 0.3) is 17.4 Å². The maximum absolute atomic E-state index is 12.8. The molecule has 0 saturated carbocycles. The topological polar surface area (TPSA) is 124 Å². The molecule has 1 aliphatic rings. The predicted octanol–water partition coefficient (Wildman–Crippen LogP) is 1.30. The Bertz CT molecular complexity index is 929. The summed E-state index contributed by atoms with van der Waals surface area (Å²) < 4.78 is 10.4. The van der Waals surface area contributed by atoms with Crippen LogP contribution in [0.15, 0.2) is 29.1 Å². The van der Waals surface area contributed by atoms with Gasteiger partial charge in [0.1, 0.15) is 17.1 Å². The van der Waals surface area contributed by atoms with Crippen molar-refractivity contribution < 1.29 is 19.1 Å². The van der Waals surface area contributed by atoms with Crippen molar-refractivity contribution >= 4 is 11.8 Å². The van der Waals surface area contributed by atoms with Gasteiger partial charge in [-0.05, 0) is 43.0 Å². The lowest BCUT2D eigenvalue weighted by molar-refractivity contribution is 0.0931. The summed E-state index contributed by atoms with van der Waals surface area (Å²) in [5.74, 6) is -0.100. The van der Waals surface area contributed by atoms with E-state index in [1.54, 1.807) is 18.2 Å². The van der Waals surface area contributed by atoms with Crippen LogP contribution in [0.3, 0.4) is 0 Å². The van der Waals surface area contributed by atoms with Gasteiger partial charge in [-0.2, -0.15) is 0 Å². The van der Waals surface area contributed by atoms with Gasteiger partial charge in [-0.15, -0.1) is 0 Å². The molecule has 3 rings (SSSR count). The average molecular weight is 371 g/mol. The predicted molar refractivity (Wildman–Crippen MR) is 98.3 cm³/mol. The smallest absolute Gasteiger partial charge is 0.261 e. The fourth-order valence-corrected chi connectivity index (χ4v) is 3.25. The molecule has 2 amide bonds. The van der Waals surface area contributed by atoms with Gasteiger partial charge in [-0.3, -0.25) is 14.4 Å². The maximum Gasteiger partial charge on any atom is 0.261 e. The van der Waals surface area contributed by atoms with Gasteiger partial charge in [0.05, 0.1) is 20.3 Å². The molecule has 4 N–H and O–H groups in total. The largest absolute Gasteiger partial charge is 0.497 e. The molecule has 1 atom stereocenters. The van der Waals surface area contributed by atoms with Crippen molar-refractivity contribution in [3.8, 4) is 11.5 Å². The highest BCUT2D eigenvalue weighted by molar-refractivity contribution is 5.95. The van der Waals surface area contributed by atoms with Gasteiger partial charge in [0, 0.05) is 17.3 Å². The number of aryl methyl sites for hydroxylation is 1. The highest BCUT2D eigenvalue weighted by Gasteiger charge is 2.25. The van der Waals surface area contributed by atoms with Crippen LogP contribution in [0.4, 0.5) is 0 Å². The van der Waals surface area contributed by atoms with Crippen LogP contribution in [0.25, 0.3) is 0 Å². The molecule has 1 aromatic carbocycles. The van der Waals surface area contributed by atoms with Gasteiger partial charge in [-0.25, -0.2) is 0 Å². The van der Waals surface area contributed by atoms with E-state index in [1.807, 2.05) is 0 Å². The lowest BCUT2D eigenvalue weighted by atomic mass is 9.90. The fraction of sp³-hybridized carbons (Fsp3) is 0.316. The van der Waals surface area contributed by atoms with Gasteiger partial charge < -0.3 is 25.5 Å². The molecule has 1 heterocycles. The normalized spacial score (nSPS) is 15.6. The first kappa shape index (κ1) is 18.5. The van der Waals surface area contributed by atoms with Crippen molar-refractivity contribution in [1.82, 2.24) is 10.3 Å². The van der Waals surface area contributed by atoms with Crippen molar-refractivity contribution in [1.29, 1.82) is 0 Å². The van der Waals surface area contributed by atoms with Gasteiger partial charge in [-0.1, -0.05) is 0 Å². The van der Waals surface area contributed by atoms with Crippen LogP contribution in [0.5, 0.6) is 11.5 Å². The molecule has 8 heteroatoms. The molecule has 2 aromatic rings. The van der Waals surface area contributed by atoms with Crippen LogP contribution < -0.4 is 26.1 Å². The van der Waals surface area contributed by atoms with Crippen molar-refractivity contribution in [2.45, 2.75) is 25.3 Å². The highest BCUT2D eigenvalue weighted by Crippen LogP contribution is 2.29. The summed E-state index contributed by atoms with van der Waals surface area (Å²) >= 11 is 0. The maximum atomic E-state index is 12.8. The minimum atomic E-state index is -0.799. The summed E-state index contributed by atoms with van der Waals surface area (Å²) in [6.45, 7) is 0. The van der Waals surface area contributed by atoms with E-state index in [4.69, 9.17) is 15.2 Å². The summed E-state index contributed by atoms with van der Waals surface area (Å²) in [5, 5.41) is 2.96. The number of nitrogens with two attached hydrogens (primary N) is 1. The number of aromatic amines is 1. The number of ether oxygens (including phenoxy) is 2. The minimum absolute atomic E-state index is 0.113. The molecular weight excluding hydrogens is 350 g/mol. The number of fused-ring (bicyclic) bond motifs is 1. The number of hydrogen-bond donors (Lipinski definition) is 3.